The van der Waals surface area contributed by atoms with E-state index in [0.717, 1.165) is 6.92 Å². The van der Waals surface area contributed by atoms with Crippen molar-refractivity contribution in [1.82, 2.24) is 0 Å². The van der Waals surface area contributed by atoms with Gasteiger partial charge in [-0.05, 0) is 6.92 Å². The summed E-state index contributed by atoms with van der Waals surface area (Å²) in [5.41, 5.74) is -0.394. The van der Waals surface area contributed by atoms with Crippen molar-refractivity contribution < 1.29 is 19.1 Å². The number of ketones is 1. The van der Waals surface area contributed by atoms with E-state index in [4.69, 9.17) is 0 Å². The summed E-state index contributed by atoms with van der Waals surface area (Å²) in [5.74, 6) is -1.93. The van der Waals surface area contributed by atoms with E-state index in [0.29, 0.717) is 0 Å². The predicted molar refractivity (Wildman–Crippen MR) is 38.7 cm³/mol. The summed E-state index contributed by atoms with van der Waals surface area (Å²) >= 11 is 0. The van der Waals surface area contributed by atoms with Crippen LogP contribution in [0.15, 0.2) is 4.99 Å². The molecular formula is C7H7NO4. The van der Waals surface area contributed by atoms with Gasteiger partial charge in [0.2, 0.25) is 11.7 Å². The molecule has 0 spiro atoms. The second-order valence-corrected chi connectivity index (χ2v) is 2.39. The molecule has 5 heteroatoms. The standard InChI is InChI=1S/C7H7NO4/c1-3-6(10)5(7(11)12-3)8-4(2)9/h3H,1-2H3. The molecule has 0 aliphatic carbocycles. The molecule has 1 rings (SSSR count). The fourth-order valence-electron chi connectivity index (χ4n) is 0.821. The molecule has 1 heterocycles. The molecule has 0 saturated carbocycles. The minimum Gasteiger partial charge on any atom is -0.449 e. The van der Waals surface area contributed by atoms with Gasteiger partial charge in [0.05, 0.1) is 0 Å². The minimum absolute atomic E-state index is 0.394. The van der Waals surface area contributed by atoms with Crippen LogP contribution in [0, 0.1) is 0 Å². The van der Waals surface area contributed by atoms with Crippen LogP contribution in [0.25, 0.3) is 0 Å². The smallest absolute Gasteiger partial charge is 0.361 e. The van der Waals surface area contributed by atoms with Crippen LogP contribution in [0.1, 0.15) is 13.8 Å². The number of hydrogen-bond acceptors (Lipinski definition) is 4. The van der Waals surface area contributed by atoms with E-state index in [2.05, 4.69) is 9.73 Å². The molecule has 0 bridgehead atoms. The number of aliphatic imine (C=N–C) groups is 1. The van der Waals surface area contributed by atoms with Gasteiger partial charge in [-0.15, -0.1) is 0 Å². The molecule has 12 heavy (non-hydrogen) atoms. The number of carbonyl (C=O) groups excluding carboxylic acids is 3. The van der Waals surface area contributed by atoms with Gasteiger partial charge in [0, 0.05) is 6.92 Å². The Labute approximate surface area is 68.4 Å². The highest BCUT2D eigenvalue weighted by atomic mass is 16.6. The first-order valence-electron chi connectivity index (χ1n) is 3.37. The van der Waals surface area contributed by atoms with Crippen LogP contribution in [-0.4, -0.2) is 29.5 Å². The van der Waals surface area contributed by atoms with Crippen LogP contribution < -0.4 is 0 Å². The number of amides is 1. The Kier molecular flexibility index (Phi) is 2.03. The lowest BCUT2D eigenvalue weighted by Gasteiger charge is -1.93. The maximum absolute atomic E-state index is 11.0. The molecular weight excluding hydrogens is 162 g/mol. The summed E-state index contributed by atoms with van der Waals surface area (Å²) in [7, 11) is 0. The molecule has 0 N–H and O–H groups in total. The molecule has 1 atom stereocenters. The molecule has 1 fully saturated rings. The first kappa shape index (κ1) is 8.58. The van der Waals surface area contributed by atoms with Gasteiger partial charge in [-0.25, -0.2) is 9.79 Å². The topological polar surface area (TPSA) is 72.8 Å². The van der Waals surface area contributed by atoms with Crippen LogP contribution in [0.3, 0.4) is 0 Å². The van der Waals surface area contributed by atoms with E-state index in [-0.39, 0.29) is 0 Å². The molecule has 0 radical (unpaired) electrons. The van der Waals surface area contributed by atoms with E-state index >= 15 is 0 Å². The molecule has 1 aliphatic heterocycles. The Balaban J connectivity index is 2.99. The SMILES string of the molecule is CC(=O)N=C1C(=O)OC(C)C1=O. The fourth-order valence-corrected chi connectivity index (χ4v) is 0.821. The third kappa shape index (κ3) is 1.39. The first-order chi connectivity index (χ1) is 5.52. The van der Waals surface area contributed by atoms with Crippen LogP contribution in [0.4, 0.5) is 0 Å². The second kappa shape index (κ2) is 2.84. The van der Waals surface area contributed by atoms with Crippen LogP contribution in [0.5, 0.6) is 0 Å². The third-order valence-corrected chi connectivity index (χ3v) is 1.35. The maximum Gasteiger partial charge on any atom is 0.361 e. The lowest BCUT2D eigenvalue weighted by atomic mass is 10.2. The fraction of sp³-hybridized carbons (Fsp3) is 0.429. The lowest BCUT2D eigenvalue weighted by Crippen LogP contribution is -2.18. The van der Waals surface area contributed by atoms with Gasteiger partial charge in [0.15, 0.2) is 11.8 Å². The average molecular weight is 169 g/mol. The third-order valence-electron chi connectivity index (χ3n) is 1.35. The highest BCUT2D eigenvalue weighted by Gasteiger charge is 2.37. The van der Waals surface area contributed by atoms with E-state index in [1.807, 2.05) is 0 Å². The molecule has 0 aromatic carbocycles. The number of ether oxygens (including phenoxy) is 1. The van der Waals surface area contributed by atoms with Crippen molar-refractivity contribution in [3.05, 3.63) is 0 Å². The van der Waals surface area contributed by atoms with Crippen LogP contribution >= 0.6 is 0 Å². The molecule has 1 amide bonds. The molecule has 1 aliphatic rings. The van der Waals surface area contributed by atoms with E-state index in [9.17, 15) is 14.4 Å². The number of esters is 1. The van der Waals surface area contributed by atoms with Gasteiger partial charge in [-0.3, -0.25) is 9.59 Å². The summed E-state index contributed by atoms with van der Waals surface area (Å²) in [4.78, 5) is 35.5. The average Bonchev–Trinajstić information content (AvgIpc) is 2.16. The number of nitrogens with zero attached hydrogens (tertiary/aromatic N) is 1. The lowest BCUT2D eigenvalue weighted by molar-refractivity contribution is -0.139. The van der Waals surface area contributed by atoms with Gasteiger partial charge in [-0.1, -0.05) is 0 Å². The Bertz CT molecular complexity index is 292. The molecule has 0 aromatic heterocycles. The van der Waals surface area contributed by atoms with Crippen LogP contribution in [-0.2, 0) is 19.1 Å². The van der Waals surface area contributed by atoms with E-state index in [1.54, 1.807) is 0 Å². The van der Waals surface area contributed by atoms with Crippen molar-refractivity contribution in [2.75, 3.05) is 0 Å². The Morgan fingerprint density at radius 1 is 1.50 bits per heavy atom. The number of carbonyl (C=O) groups is 3. The number of cyclic esters (lactones) is 1. The Hall–Kier alpha value is -1.52. The molecule has 1 saturated heterocycles. The van der Waals surface area contributed by atoms with Gasteiger partial charge in [-0.2, -0.15) is 0 Å². The predicted octanol–water partition coefficient (Wildman–Crippen LogP) is -0.512. The van der Waals surface area contributed by atoms with Crippen molar-refractivity contribution in [2.24, 2.45) is 4.99 Å². The summed E-state index contributed by atoms with van der Waals surface area (Å²) in [6, 6.07) is 0. The maximum atomic E-state index is 11.0. The Morgan fingerprint density at radius 2 is 2.08 bits per heavy atom. The van der Waals surface area contributed by atoms with Gasteiger partial charge in [0.25, 0.3) is 0 Å². The number of hydrogen-bond donors (Lipinski definition) is 0. The first-order valence-corrected chi connectivity index (χ1v) is 3.37. The van der Waals surface area contributed by atoms with Crippen molar-refractivity contribution in [1.29, 1.82) is 0 Å². The summed E-state index contributed by atoms with van der Waals surface area (Å²) in [6.07, 6.45) is -0.810. The van der Waals surface area contributed by atoms with Crippen molar-refractivity contribution in [2.45, 2.75) is 20.0 Å². The van der Waals surface area contributed by atoms with Gasteiger partial charge < -0.3 is 4.74 Å². The number of rotatable bonds is 0. The monoisotopic (exact) mass is 169 g/mol. The molecule has 64 valence electrons. The highest BCUT2D eigenvalue weighted by Crippen LogP contribution is 2.07. The number of Topliss-reactive ketones (excluding diaryl/α,β-unsaturated/α-hetero) is 1. The van der Waals surface area contributed by atoms with Crippen molar-refractivity contribution in [3.8, 4) is 0 Å². The summed E-state index contributed by atoms with van der Waals surface area (Å²) in [6.45, 7) is 2.60. The van der Waals surface area contributed by atoms with Gasteiger partial charge in [0.1, 0.15) is 0 Å². The van der Waals surface area contributed by atoms with Crippen LogP contribution in [0.2, 0.25) is 0 Å². The minimum atomic E-state index is -0.817. The second-order valence-electron chi connectivity index (χ2n) is 2.39. The van der Waals surface area contributed by atoms with E-state index < -0.39 is 29.5 Å². The van der Waals surface area contributed by atoms with Crippen molar-refractivity contribution >= 4 is 23.4 Å². The van der Waals surface area contributed by atoms with Crippen molar-refractivity contribution in [3.63, 3.8) is 0 Å². The zero-order valence-electron chi connectivity index (χ0n) is 6.66. The van der Waals surface area contributed by atoms with Gasteiger partial charge >= 0.3 is 5.97 Å². The highest BCUT2D eigenvalue weighted by molar-refractivity contribution is 6.68. The zero-order valence-corrected chi connectivity index (χ0v) is 6.66. The zero-order chi connectivity index (χ0) is 9.30. The molecule has 0 aromatic rings. The molecule has 5 nitrogen and oxygen atoms in total. The quantitative estimate of drug-likeness (QED) is 0.458. The largest absolute Gasteiger partial charge is 0.449 e. The molecule has 1 unspecified atom stereocenters. The Morgan fingerprint density at radius 3 is 2.42 bits per heavy atom. The normalized spacial score (nSPS) is 26.2. The van der Waals surface area contributed by atoms with E-state index in [1.165, 1.54) is 6.92 Å². The summed E-state index contributed by atoms with van der Waals surface area (Å²) < 4.78 is 4.52. The summed E-state index contributed by atoms with van der Waals surface area (Å²) in [5, 5.41) is 0.